The van der Waals surface area contributed by atoms with Gasteiger partial charge in [-0.1, -0.05) is 52.8 Å². The first kappa shape index (κ1) is 19.5. The summed E-state index contributed by atoms with van der Waals surface area (Å²) in [6.07, 6.45) is 2.37. The molecule has 0 spiro atoms. The van der Waals surface area contributed by atoms with E-state index in [2.05, 4.69) is 43.3 Å². The predicted octanol–water partition coefficient (Wildman–Crippen LogP) is 4.84. The predicted molar refractivity (Wildman–Crippen MR) is 116 cm³/mol. The Balaban J connectivity index is 1.34. The van der Waals surface area contributed by atoms with Gasteiger partial charge in [0, 0.05) is 12.2 Å². The lowest BCUT2D eigenvalue weighted by molar-refractivity contribution is 0.0953. The Hall–Kier alpha value is -2.49. The molecule has 1 atom stereocenters. The maximum atomic E-state index is 5.85. The van der Waals surface area contributed by atoms with E-state index in [-0.39, 0.29) is 6.10 Å². The zero-order chi connectivity index (χ0) is 20.3. The highest BCUT2D eigenvalue weighted by Crippen LogP contribution is 2.30. The molecule has 5 rings (SSSR count). The number of rotatable bonds is 7. The molecule has 1 aromatic carbocycles. The van der Waals surface area contributed by atoms with Gasteiger partial charge in [0.05, 0.1) is 23.3 Å². The summed E-state index contributed by atoms with van der Waals surface area (Å²) in [5, 5.41) is 15.9. The van der Waals surface area contributed by atoms with E-state index in [0.29, 0.717) is 17.5 Å². The summed E-state index contributed by atoms with van der Waals surface area (Å²) in [4.78, 5) is 5.64. The zero-order valence-electron chi connectivity index (χ0n) is 16.5. The van der Waals surface area contributed by atoms with Crippen LogP contribution < -0.4 is 0 Å². The van der Waals surface area contributed by atoms with Gasteiger partial charge in [-0.05, 0) is 31.2 Å². The van der Waals surface area contributed by atoms with Crippen molar-refractivity contribution in [3.05, 3.63) is 53.2 Å². The fourth-order valence-electron chi connectivity index (χ4n) is 3.40. The Bertz CT molecular complexity index is 1100. The molecule has 0 N–H and O–H groups in total. The van der Waals surface area contributed by atoms with Crippen LogP contribution in [0.3, 0.4) is 0 Å². The van der Waals surface area contributed by atoms with Gasteiger partial charge < -0.3 is 9.26 Å². The van der Waals surface area contributed by atoms with E-state index in [1.54, 1.807) is 23.1 Å². The van der Waals surface area contributed by atoms with Crippen molar-refractivity contribution in [2.45, 2.75) is 43.3 Å². The van der Waals surface area contributed by atoms with E-state index in [9.17, 15) is 0 Å². The van der Waals surface area contributed by atoms with Gasteiger partial charge in [0.25, 0.3) is 0 Å². The van der Waals surface area contributed by atoms with Crippen LogP contribution in [0, 0.1) is 6.92 Å². The molecule has 154 valence electrons. The van der Waals surface area contributed by atoms with Crippen molar-refractivity contribution in [2.24, 2.45) is 0 Å². The Morgan fingerprint density at radius 1 is 1.20 bits per heavy atom. The second-order valence-corrected chi connectivity index (χ2v) is 9.09. The van der Waals surface area contributed by atoms with Gasteiger partial charge in [0.1, 0.15) is 0 Å². The van der Waals surface area contributed by atoms with Crippen LogP contribution in [0.2, 0.25) is 0 Å². The van der Waals surface area contributed by atoms with Crippen LogP contribution in [0.25, 0.3) is 22.1 Å². The van der Waals surface area contributed by atoms with Gasteiger partial charge in [-0.25, -0.2) is 0 Å². The Morgan fingerprint density at radius 2 is 2.10 bits per heavy atom. The molecule has 1 saturated heterocycles. The average Bonchev–Trinajstić information content (AvgIpc) is 3.55. The van der Waals surface area contributed by atoms with Crippen molar-refractivity contribution in [2.75, 3.05) is 6.61 Å². The van der Waals surface area contributed by atoms with Gasteiger partial charge in [-0.2, -0.15) is 4.98 Å². The zero-order valence-corrected chi connectivity index (χ0v) is 18.2. The fourth-order valence-corrected chi connectivity index (χ4v) is 4.90. The Kier molecular flexibility index (Phi) is 5.65. The molecule has 0 radical (unpaired) electrons. The second kappa shape index (κ2) is 8.71. The average molecular weight is 440 g/mol. The number of thiophene rings is 1. The van der Waals surface area contributed by atoms with Crippen LogP contribution in [0.1, 0.15) is 24.3 Å². The highest BCUT2D eigenvalue weighted by molar-refractivity contribution is 7.98. The molecule has 3 aromatic heterocycles. The molecule has 0 saturated carbocycles. The smallest absolute Gasteiger partial charge is 0.237 e. The summed E-state index contributed by atoms with van der Waals surface area (Å²) >= 11 is 3.22. The van der Waals surface area contributed by atoms with Crippen molar-refractivity contribution >= 4 is 23.1 Å². The van der Waals surface area contributed by atoms with E-state index in [4.69, 9.17) is 9.26 Å². The van der Waals surface area contributed by atoms with E-state index in [1.165, 1.54) is 5.56 Å². The summed E-state index contributed by atoms with van der Waals surface area (Å²) in [5.74, 6) is 2.59. The number of benzene rings is 1. The monoisotopic (exact) mass is 439 g/mol. The summed E-state index contributed by atoms with van der Waals surface area (Å²) in [7, 11) is 0. The maximum absolute atomic E-state index is 5.85. The van der Waals surface area contributed by atoms with Crippen LogP contribution in [0.4, 0.5) is 0 Å². The molecule has 1 unspecified atom stereocenters. The van der Waals surface area contributed by atoms with Crippen LogP contribution >= 0.6 is 23.1 Å². The first-order valence-corrected chi connectivity index (χ1v) is 11.7. The molecule has 9 heteroatoms. The minimum atomic E-state index is 0.204. The normalized spacial score (nSPS) is 16.4. The molecular weight excluding hydrogens is 418 g/mol. The van der Waals surface area contributed by atoms with Crippen LogP contribution in [0.15, 0.2) is 51.5 Å². The first-order valence-electron chi connectivity index (χ1n) is 9.87. The Morgan fingerprint density at radius 3 is 2.87 bits per heavy atom. The molecule has 4 aromatic rings. The fraction of sp³-hybridized carbons (Fsp3) is 0.333. The number of ether oxygens (including phenoxy) is 1. The first-order chi connectivity index (χ1) is 14.8. The Labute approximate surface area is 182 Å². The summed E-state index contributed by atoms with van der Waals surface area (Å²) in [5.41, 5.74) is 2.15. The second-order valence-electron chi connectivity index (χ2n) is 7.20. The lowest BCUT2D eigenvalue weighted by Gasteiger charge is -2.13. The molecule has 30 heavy (non-hydrogen) atoms. The lowest BCUT2D eigenvalue weighted by Crippen LogP contribution is -2.16. The van der Waals surface area contributed by atoms with Crippen LogP contribution in [0.5, 0.6) is 0 Å². The van der Waals surface area contributed by atoms with Crippen LogP contribution in [-0.4, -0.2) is 37.6 Å². The highest BCUT2D eigenvalue weighted by atomic mass is 32.2. The van der Waals surface area contributed by atoms with Gasteiger partial charge in [0.15, 0.2) is 11.0 Å². The third-order valence-corrected chi connectivity index (χ3v) is 6.79. The highest BCUT2D eigenvalue weighted by Gasteiger charge is 2.22. The van der Waals surface area contributed by atoms with Crippen molar-refractivity contribution in [3.63, 3.8) is 0 Å². The van der Waals surface area contributed by atoms with Crippen molar-refractivity contribution in [3.8, 4) is 22.1 Å². The number of aromatic nitrogens is 5. The minimum Gasteiger partial charge on any atom is -0.376 e. The molecule has 0 bridgehead atoms. The van der Waals surface area contributed by atoms with Crippen molar-refractivity contribution < 1.29 is 9.26 Å². The van der Waals surface area contributed by atoms with Gasteiger partial charge in [-0.15, -0.1) is 21.5 Å². The molecule has 0 aliphatic carbocycles. The van der Waals surface area contributed by atoms with E-state index in [0.717, 1.165) is 47.4 Å². The minimum absolute atomic E-state index is 0.204. The molecule has 1 fully saturated rings. The summed E-state index contributed by atoms with van der Waals surface area (Å²) < 4.78 is 13.5. The summed E-state index contributed by atoms with van der Waals surface area (Å²) in [6, 6.07) is 12.2. The van der Waals surface area contributed by atoms with E-state index < -0.39 is 0 Å². The van der Waals surface area contributed by atoms with Crippen molar-refractivity contribution in [1.29, 1.82) is 0 Å². The number of thioether (sulfide) groups is 1. The molecule has 7 nitrogen and oxygen atoms in total. The molecular formula is C21H21N5O2S2. The van der Waals surface area contributed by atoms with E-state index >= 15 is 0 Å². The molecule has 0 amide bonds. The van der Waals surface area contributed by atoms with Crippen LogP contribution in [-0.2, 0) is 17.0 Å². The maximum Gasteiger partial charge on any atom is 0.237 e. The number of hydrogen-bond donors (Lipinski definition) is 0. The van der Waals surface area contributed by atoms with E-state index in [1.807, 2.05) is 30.3 Å². The molecule has 4 heterocycles. The summed E-state index contributed by atoms with van der Waals surface area (Å²) in [6.45, 7) is 3.63. The largest absolute Gasteiger partial charge is 0.376 e. The third-order valence-electron chi connectivity index (χ3n) is 4.97. The number of hydrogen-bond acceptors (Lipinski definition) is 8. The molecule has 1 aliphatic heterocycles. The number of nitrogens with zero attached hydrogens (tertiary/aromatic N) is 5. The van der Waals surface area contributed by atoms with Gasteiger partial charge in [0.2, 0.25) is 11.7 Å². The topological polar surface area (TPSA) is 78.9 Å². The SMILES string of the molecule is Cc1ccc(-c2noc(CSc3nnc(-c4cccs4)n3CC3CCCO3)n2)cc1. The van der Waals surface area contributed by atoms with Crippen molar-refractivity contribution in [1.82, 2.24) is 24.9 Å². The van der Waals surface area contributed by atoms with Gasteiger partial charge in [-0.3, -0.25) is 4.57 Å². The number of aryl methyl sites for hydroxylation is 1. The van der Waals surface area contributed by atoms with Gasteiger partial charge >= 0.3 is 0 Å². The third kappa shape index (κ3) is 4.19. The molecule has 1 aliphatic rings. The quantitative estimate of drug-likeness (QED) is 0.381. The standard InChI is InChI=1S/C21H21N5O2S2/c1-14-6-8-15(9-7-14)19-22-18(28-25-19)13-30-21-24-23-20(17-5-3-11-29-17)26(21)12-16-4-2-10-27-16/h3,5-9,11,16H,2,4,10,12-13H2,1H3. The lowest BCUT2D eigenvalue weighted by atomic mass is 10.1.